The first-order valence-electron chi connectivity index (χ1n) is 34.0. The van der Waals surface area contributed by atoms with Gasteiger partial charge < -0.3 is 0 Å². The van der Waals surface area contributed by atoms with Gasteiger partial charge in [0, 0.05) is 23.6 Å². The average Bonchev–Trinajstić information content (AvgIpc) is 0.893. The number of rotatable bonds is 8. The van der Waals surface area contributed by atoms with Gasteiger partial charge in [0.15, 0.2) is 22.6 Å². The summed E-state index contributed by atoms with van der Waals surface area (Å²) in [5.41, 5.74) is 10.4. The summed E-state index contributed by atoms with van der Waals surface area (Å²) in [7, 11) is 0. The van der Waals surface area contributed by atoms with E-state index in [1.54, 1.807) is 36.7 Å². The topological polar surface area (TPSA) is 43.0 Å². The maximum Gasteiger partial charge on any atom is 0.222 e. The van der Waals surface area contributed by atoms with E-state index in [4.69, 9.17) is 53.0 Å². The van der Waals surface area contributed by atoms with Crippen LogP contribution >= 0.6 is 46.4 Å². The van der Waals surface area contributed by atoms with Crippen LogP contribution in [0.15, 0.2) is 152 Å². The molecule has 101 heavy (non-hydrogen) atoms. The van der Waals surface area contributed by atoms with Crippen LogP contribution < -0.4 is 0 Å². The normalized spacial score (nSPS) is 11.6. The van der Waals surface area contributed by atoms with E-state index in [9.17, 15) is 30.7 Å². The summed E-state index contributed by atoms with van der Waals surface area (Å²) in [5.74, 6) is -3.30. The molecule has 0 N–H and O–H groups in total. The summed E-state index contributed by atoms with van der Waals surface area (Å²) in [6.07, 6.45) is 12.4. The third-order valence-corrected chi connectivity index (χ3v) is 14.3. The fraction of sp³-hybridized carbons (Fsp3) is 0.465. The summed E-state index contributed by atoms with van der Waals surface area (Å²) in [5, 5.41) is 1.51. The predicted octanol–water partition coefficient (Wildman–Crippen LogP) is 28.5. The van der Waals surface area contributed by atoms with Gasteiger partial charge in [-0.3, -0.25) is 0 Å². The molecule has 8 rings (SSSR count). The number of hydrogen-bond donors (Lipinski definition) is 0. The molecule has 3 aromatic heterocycles. The molecule has 15 heteroatoms. The number of nitrogens with zero attached hydrogens (tertiary/aromatic N) is 4. The van der Waals surface area contributed by atoms with Crippen LogP contribution in [0.3, 0.4) is 0 Å². The molecule has 0 atom stereocenters. The van der Waals surface area contributed by atoms with Gasteiger partial charge >= 0.3 is 0 Å². The van der Waals surface area contributed by atoms with E-state index in [2.05, 4.69) is 198 Å². The highest BCUT2D eigenvalue weighted by Crippen LogP contribution is 2.29. The Labute approximate surface area is 623 Å². The molecule has 0 radical (unpaired) electrons. The average molecular weight is 1480 g/mol. The van der Waals surface area contributed by atoms with Crippen LogP contribution in [0.5, 0.6) is 0 Å². The molecule has 0 aliphatic rings. The molecule has 4 nitrogen and oxygen atoms in total. The van der Waals surface area contributed by atoms with E-state index in [0.29, 0.717) is 16.0 Å². The molecular weight excluding hydrogens is 1360 g/mol. The van der Waals surface area contributed by atoms with E-state index in [-0.39, 0.29) is 60.0 Å². The summed E-state index contributed by atoms with van der Waals surface area (Å²) >= 11 is 22.5. The third kappa shape index (κ3) is 48.3. The van der Waals surface area contributed by atoms with Crippen molar-refractivity contribution in [2.75, 3.05) is 0 Å². The minimum atomic E-state index is -0.780. The lowest BCUT2D eigenvalue weighted by Gasteiger charge is -2.18. The van der Waals surface area contributed by atoms with Crippen molar-refractivity contribution in [2.45, 2.75) is 218 Å². The fourth-order valence-electron chi connectivity index (χ4n) is 9.73. The van der Waals surface area contributed by atoms with Gasteiger partial charge in [0.2, 0.25) is 11.6 Å². The van der Waals surface area contributed by atoms with Crippen LogP contribution in [0.25, 0.3) is 4.85 Å². The Kier molecular flexibility index (Phi) is 38.4. The first-order valence-corrected chi connectivity index (χ1v) is 35.5. The molecule has 554 valence electrons. The van der Waals surface area contributed by atoms with Crippen molar-refractivity contribution in [1.29, 1.82) is 0 Å². The SMILES string of the molecule is CC(C)(C)Cc1ccc(Cl)c(F)c1.CC(C)(C)Cc1ccc(Cl)cc1.CC(C)(C)Cc1ccc(Cl)nc1.CC(C)(C)Cc1ccc(F)c(F)c1.CC(C)(C)Cc1ccc(F)cc1.CC(C)(C)Cc1ccc(F)nc1.CC(C)(C)Cc1cnc(Cl)c(F)c1.[C-]#[N+]c1ccc(CC(C)(C)C)cc1F. The second-order valence-corrected chi connectivity index (χ2v) is 36.7. The number of pyridine rings is 3. The van der Waals surface area contributed by atoms with Gasteiger partial charge in [-0.15, -0.1) is 0 Å². The van der Waals surface area contributed by atoms with Gasteiger partial charge in [0.25, 0.3) is 0 Å². The lowest BCUT2D eigenvalue weighted by molar-refractivity contribution is 0.408. The van der Waals surface area contributed by atoms with Crippen molar-refractivity contribution < 1.29 is 30.7 Å². The summed E-state index contributed by atoms with van der Waals surface area (Å²) in [4.78, 5) is 14.5. The largest absolute Gasteiger partial charge is 0.244 e. The molecule has 0 aliphatic heterocycles. The van der Waals surface area contributed by atoms with Gasteiger partial charge in [-0.05, 0) is 212 Å². The molecule has 0 fully saturated rings. The van der Waals surface area contributed by atoms with E-state index in [1.165, 1.54) is 65.2 Å². The molecule has 0 saturated carbocycles. The number of aromatic nitrogens is 3. The van der Waals surface area contributed by atoms with Gasteiger partial charge in [0.05, 0.1) is 11.6 Å². The molecule has 3 heterocycles. The van der Waals surface area contributed by atoms with Gasteiger partial charge in [-0.1, -0.05) is 273 Å². The lowest BCUT2D eigenvalue weighted by atomic mass is 9.88. The minimum absolute atomic E-state index is 0.0577. The Morgan fingerprint density at radius 3 is 0.970 bits per heavy atom. The summed E-state index contributed by atoms with van der Waals surface area (Å²) in [6, 6.07) is 37.2. The van der Waals surface area contributed by atoms with Crippen LogP contribution in [0.2, 0.25) is 20.4 Å². The first kappa shape index (κ1) is 92.7. The molecule has 5 aromatic carbocycles. The highest BCUT2D eigenvalue weighted by Gasteiger charge is 2.18. The van der Waals surface area contributed by atoms with Crippen molar-refractivity contribution in [3.63, 3.8) is 0 Å². The van der Waals surface area contributed by atoms with Crippen molar-refractivity contribution in [1.82, 2.24) is 15.0 Å². The van der Waals surface area contributed by atoms with Crippen molar-refractivity contribution >= 4 is 52.1 Å². The highest BCUT2D eigenvalue weighted by atomic mass is 35.5. The quantitative estimate of drug-likeness (QED) is 0.0865. The highest BCUT2D eigenvalue weighted by molar-refractivity contribution is 6.31. The maximum atomic E-state index is 13.2. The first-order chi connectivity index (χ1) is 46.0. The summed E-state index contributed by atoms with van der Waals surface area (Å²) < 4.78 is 89.5. The Morgan fingerprint density at radius 1 is 0.297 bits per heavy atom. The molecule has 0 saturated heterocycles. The zero-order valence-corrected chi connectivity index (χ0v) is 67.6. The second-order valence-electron chi connectivity index (χ2n) is 35.1. The molecule has 0 amide bonds. The molecule has 0 unspecified atom stereocenters. The Hall–Kier alpha value is -6.29. The Morgan fingerprint density at radius 2 is 0.614 bits per heavy atom. The van der Waals surface area contributed by atoms with E-state index >= 15 is 0 Å². The predicted molar refractivity (Wildman–Crippen MR) is 416 cm³/mol. The Bertz CT molecular complexity index is 3360. The van der Waals surface area contributed by atoms with E-state index in [0.717, 1.165) is 84.2 Å². The maximum absolute atomic E-state index is 13.2. The molecular formula is C86H113Cl4F7N4. The fourth-order valence-corrected chi connectivity index (χ4v) is 10.2. The van der Waals surface area contributed by atoms with Gasteiger partial charge in [0.1, 0.15) is 22.6 Å². The van der Waals surface area contributed by atoms with E-state index < -0.39 is 29.2 Å². The van der Waals surface area contributed by atoms with Crippen molar-refractivity contribution in [3.8, 4) is 0 Å². The number of hydrogen-bond acceptors (Lipinski definition) is 3. The zero-order chi connectivity index (χ0) is 77.7. The molecule has 0 spiro atoms. The molecule has 0 aliphatic carbocycles. The lowest BCUT2D eigenvalue weighted by Crippen LogP contribution is -2.09. The van der Waals surface area contributed by atoms with Crippen molar-refractivity contribution in [2.24, 2.45) is 43.3 Å². The van der Waals surface area contributed by atoms with Crippen LogP contribution in [0.4, 0.5) is 36.4 Å². The standard InChI is InChI=1S/C12H14FN.C11H14ClF.C11H15Cl.C11H14F2.C11H15F.C10H13ClFN.C10H14ClN.C10H14FN/c1-12(2,3)8-9-5-6-11(14-4)10(13)7-9;1-11(2,3)7-8-4-5-9(12)10(13)6-8;1-11(2,3)8-9-4-6-10(12)7-5-9;1-11(2,3)7-8-4-5-9(12)10(13)6-8;1-11(2,3)8-9-4-6-10(12)7-5-9;1-10(2,3)5-7-4-8(12)9(11)13-6-7;2*1-10(2,3)6-8-4-5-9(11)12-7-8/h5-7H,8H2,1-3H3;4-6H,7H2,1-3H3;4-7H,8H2,1-3H3;4-6H,7H2,1-3H3;4-7H,8H2,1-3H3;4,6H,5H2,1-3H3;2*4-5,7H,6H2,1-3H3. The van der Waals surface area contributed by atoms with Crippen LogP contribution in [0.1, 0.15) is 211 Å². The molecule has 0 bridgehead atoms. The smallest absolute Gasteiger partial charge is 0.222 e. The monoisotopic (exact) mass is 1470 g/mol. The molecule has 8 aromatic rings. The van der Waals surface area contributed by atoms with Gasteiger partial charge in [-0.25, -0.2) is 46.1 Å². The Balaban J connectivity index is 0.000000577. The minimum Gasteiger partial charge on any atom is -0.244 e. The van der Waals surface area contributed by atoms with Crippen molar-refractivity contribution in [3.05, 3.63) is 269 Å². The second kappa shape index (κ2) is 41.9. The van der Waals surface area contributed by atoms with Crippen LogP contribution in [-0.2, 0) is 51.4 Å². The van der Waals surface area contributed by atoms with Gasteiger partial charge in [-0.2, -0.15) is 4.39 Å². The number of benzene rings is 5. The van der Waals surface area contributed by atoms with Crippen LogP contribution in [-0.4, -0.2) is 15.0 Å². The van der Waals surface area contributed by atoms with E-state index in [1.807, 2.05) is 54.7 Å². The van der Waals surface area contributed by atoms with Crippen LogP contribution in [0, 0.1) is 90.7 Å². The zero-order valence-electron chi connectivity index (χ0n) is 64.5. The number of halogens is 11. The summed E-state index contributed by atoms with van der Waals surface area (Å²) in [6.45, 7) is 58.2. The third-order valence-electron chi connectivity index (χ3n) is 13.2.